The molecular weight excluding hydrogens is 368 g/mol. The van der Waals surface area contributed by atoms with Gasteiger partial charge in [0.05, 0.1) is 0 Å². The first-order valence-electron chi connectivity index (χ1n) is 11.2. The number of alkyl halides is 3. The van der Waals surface area contributed by atoms with Gasteiger partial charge in [0.25, 0.3) is 5.52 Å². The molecule has 0 aromatic rings. The molecule has 8 saturated carbocycles. The third-order valence-corrected chi connectivity index (χ3v) is 13.1. The van der Waals surface area contributed by atoms with Gasteiger partial charge in [-0.1, -0.05) is 0 Å². The Hall–Kier alpha value is -0.110. The zero-order valence-electron chi connectivity index (χ0n) is 15.9. The van der Waals surface area contributed by atoms with E-state index in [9.17, 15) is 18.0 Å². The predicted octanol–water partition coefficient (Wildman–Crippen LogP) is 6.49. The van der Waals surface area contributed by atoms with Gasteiger partial charge in [-0.2, -0.15) is 13.2 Å². The van der Waals surface area contributed by atoms with Gasteiger partial charge in [-0.25, -0.2) is 0 Å². The number of rotatable bonds is 3. The summed E-state index contributed by atoms with van der Waals surface area (Å²) in [7, 11) is -1.62. The molecule has 0 heterocycles. The molecule has 0 aromatic heterocycles. The molecule has 8 aliphatic carbocycles. The molecule has 8 fully saturated rings. The van der Waals surface area contributed by atoms with Crippen LogP contribution in [-0.2, 0) is 4.79 Å². The Kier molecular flexibility index (Phi) is 3.63. The summed E-state index contributed by atoms with van der Waals surface area (Å²) in [6.45, 7) is 0. The normalized spacial score (nSPS) is 53.7. The van der Waals surface area contributed by atoms with Crippen molar-refractivity contribution in [3.63, 3.8) is 0 Å². The maximum absolute atomic E-state index is 13.9. The fourth-order valence-corrected chi connectivity index (χ4v) is 14.5. The molecule has 8 rings (SSSR count). The third-order valence-electron chi connectivity index (χ3n) is 9.41. The van der Waals surface area contributed by atoms with Crippen LogP contribution in [-0.4, -0.2) is 22.0 Å². The van der Waals surface area contributed by atoms with E-state index in [2.05, 4.69) is 0 Å². The van der Waals surface area contributed by atoms with Crippen LogP contribution >= 0.6 is 7.92 Å². The van der Waals surface area contributed by atoms with E-state index in [1.54, 1.807) is 0 Å². The molecule has 0 atom stereocenters. The van der Waals surface area contributed by atoms with Crippen molar-refractivity contribution in [1.29, 1.82) is 0 Å². The highest BCUT2D eigenvalue weighted by Gasteiger charge is 2.67. The van der Waals surface area contributed by atoms with Crippen molar-refractivity contribution in [2.75, 3.05) is 0 Å². The van der Waals surface area contributed by atoms with Gasteiger partial charge in [-0.3, -0.25) is 4.79 Å². The lowest BCUT2D eigenvalue weighted by Gasteiger charge is -2.66. The molecule has 0 N–H and O–H groups in total. The van der Waals surface area contributed by atoms with Gasteiger partial charge in [0.15, 0.2) is 0 Å². The van der Waals surface area contributed by atoms with Crippen molar-refractivity contribution in [1.82, 2.24) is 0 Å². The summed E-state index contributed by atoms with van der Waals surface area (Å²) in [6, 6.07) is 0. The summed E-state index contributed by atoms with van der Waals surface area (Å²) in [5, 5.41) is -0.523. The highest BCUT2D eigenvalue weighted by Crippen LogP contribution is 2.79. The lowest BCUT2D eigenvalue weighted by molar-refractivity contribution is -0.162. The molecule has 27 heavy (non-hydrogen) atoms. The molecule has 8 bridgehead atoms. The molecule has 0 aliphatic heterocycles. The van der Waals surface area contributed by atoms with E-state index in [-0.39, 0.29) is 10.3 Å². The smallest absolute Gasteiger partial charge is 0.284 e. The summed E-state index contributed by atoms with van der Waals surface area (Å²) in [5.74, 6) is 3.65. The lowest BCUT2D eigenvalue weighted by atomic mass is 9.55. The van der Waals surface area contributed by atoms with Crippen molar-refractivity contribution >= 4 is 13.4 Å². The van der Waals surface area contributed by atoms with Crippen LogP contribution < -0.4 is 0 Å². The van der Waals surface area contributed by atoms with Gasteiger partial charge >= 0.3 is 6.18 Å². The molecule has 5 heteroatoms. The maximum Gasteiger partial charge on any atom is 0.454 e. The SMILES string of the molecule is O=C(P(C12CC3CC(CC(C3)C1)C2)C12CC3CC(CC(C3)C1)C2)C(F)(F)F. The Labute approximate surface area is 161 Å². The van der Waals surface area contributed by atoms with Crippen LogP contribution in [0, 0.1) is 35.5 Å². The molecule has 8 aliphatic rings. The van der Waals surface area contributed by atoms with Crippen molar-refractivity contribution in [2.24, 2.45) is 35.5 Å². The molecular formula is C22H30F3OP. The summed E-state index contributed by atoms with van der Waals surface area (Å²) >= 11 is 0. The Morgan fingerprint density at radius 3 is 1.11 bits per heavy atom. The Bertz CT molecular complexity index is 554. The van der Waals surface area contributed by atoms with Crippen molar-refractivity contribution < 1.29 is 18.0 Å². The van der Waals surface area contributed by atoms with Crippen molar-refractivity contribution in [3.8, 4) is 0 Å². The first-order chi connectivity index (χ1) is 12.7. The lowest BCUT2D eigenvalue weighted by Crippen LogP contribution is -2.58. The molecule has 0 radical (unpaired) electrons. The largest absolute Gasteiger partial charge is 0.454 e. The van der Waals surface area contributed by atoms with Crippen LogP contribution in [0.1, 0.15) is 77.0 Å². The van der Waals surface area contributed by atoms with E-state index < -0.39 is 19.6 Å². The quantitative estimate of drug-likeness (QED) is 0.496. The van der Waals surface area contributed by atoms with E-state index in [1.165, 1.54) is 38.5 Å². The number of halogens is 3. The average molecular weight is 398 g/mol. The zero-order chi connectivity index (χ0) is 18.6. The topological polar surface area (TPSA) is 17.1 Å². The number of hydrogen-bond acceptors (Lipinski definition) is 1. The standard InChI is InChI=1S/C22H30F3OP/c23-22(24,25)19(26)27(20-7-13-1-14(8-20)3-15(2-13)9-20)21-10-16-4-17(11-21)6-18(5-16)12-21/h13-18H,1-12H2. The Morgan fingerprint density at radius 2 is 0.889 bits per heavy atom. The second-order valence-electron chi connectivity index (χ2n) is 11.4. The van der Waals surface area contributed by atoms with E-state index in [0.29, 0.717) is 35.5 Å². The van der Waals surface area contributed by atoms with E-state index >= 15 is 0 Å². The van der Waals surface area contributed by atoms with Crippen LogP contribution in [0.5, 0.6) is 0 Å². The van der Waals surface area contributed by atoms with Crippen LogP contribution in [0.15, 0.2) is 0 Å². The number of carbonyl (C=O) groups is 1. The average Bonchev–Trinajstić information content (AvgIpc) is 2.50. The minimum absolute atomic E-state index is 0.262. The maximum atomic E-state index is 13.9. The van der Waals surface area contributed by atoms with Crippen LogP contribution in [0.3, 0.4) is 0 Å². The van der Waals surface area contributed by atoms with Crippen LogP contribution in [0.4, 0.5) is 13.2 Å². The van der Waals surface area contributed by atoms with Crippen molar-refractivity contribution in [3.05, 3.63) is 0 Å². The minimum Gasteiger partial charge on any atom is -0.284 e. The Morgan fingerprint density at radius 1 is 0.630 bits per heavy atom. The fourth-order valence-electron chi connectivity index (χ4n) is 9.74. The highest BCUT2D eigenvalue weighted by molar-refractivity contribution is 7.77. The summed E-state index contributed by atoms with van der Waals surface area (Å²) < 4.78 is 41.8. The third kappa shape index (κ3) is 2.57. The van der Waals surface area contributed by atoms with E-state index in [0.717, 1.165) is 38.5 Å². The van der Waals surface area contributed by atoms with Gasteiger partial charge in [0.1, 0.15) is 0 Å². The molecule has 0 spiro atoms. The molecule has 0 aromatic carbocycles. The van der Waals surface area contributed by atoms with Crippen LogP contribution in [0.2, 0.25) is 0 Å². The monoisotopic (exact) mass is 398 g/mol. The molecule has 150 valence electrons. The van der Waals surface area contributed by atoms with Crippen molar-refractivity contribution in [2.45, 2.75) is 93.5 Å². The molecule has 0 amide bonds. The van der Waals surface area contributed by atoms with Crippen LogP contribution in [0.25, 0.3) is 0 Å². The number of carbonyl (C=O) groups excluding carboxylic acids is 1. The second-order valence-corrected chi connectivity index (χ2v) is 14.4. The van der Waals surface area contributed by atoms with Gasteiger partial charge < -0.3 is 0 Å². The summed E-state index contributed by atoms with van der Waals surface area (Å²) in [4.78, 5) is 13.1. The van der Waals surface area contributed by atoms with Gasteiger partial charge in [-0.05, 0) is 131 Å². The van der Waals surface area contributed by atoms with Gasteiger partial charge in [-0.15, -0.1) is 0 Å². The highest BCUT2D eigenvalue weighted by atomic mass is 31.1. The molecule has 0 saturated heterocycles. The first kappa shape index (κ1) is 17.7. The molecule has 1 nitrogen and oxygen atoms in total. The fraction of sp³-hybridized carbons (Fsp3) is 0.955. The first-order valence-corrected chi connectivity index (χ1v) is 12.5. The minimum atomic E-state index is -4.64. The number of hydrogen-bond donors (Lipinski definition) is 0. The predicted molar refractivity (Wildman–Crippen MR) is 99.8 cm³/mol. The zero-order valence-corrected chi connectivity index (χ0v) is 16.8. The summed E-state index contributed by atoms with van der Waals surface area (Å²) in [5.41, 5.74) is -1.26. The van der Waals surface area contributed by atoms with E-state index in [4.69, 9.17) is 0 Å². The van der Waals surface area contributed by atoms with E-state index in [1.807, 2.05) is 0 Å². The summed E-state index contributed by atoms with van der Waals surface area (Å²) in [6.07, 6.45) is 8.35. The Balaban J connectivity index is 1.45. The van der Waals surface area contributed by atoms with Gasteiger partial charge in [0, 0.05) is 0 Å². The molecule has 0 unspecified atom stereocenters. The second kappa shape index (κ2) is 5.52. The van der Waals surface area contributed by atoms with Gasteiger partial charge in [0.2, 0.25) is 0 Å².